The second-order valence-corrected chi connectivity index (χ2v) is 11.5. The fourth-order valence-corrected chi connectivity index (χ4v) is 6.28. The summed E-state index contributed by atoms with van der Waals surface area (Å²) in [6.07, 6.45) is 0.962. The summed E-state index contributed by atoms with van der Waals surface area (Å²) < 4.78 is 40.2. The zero-order valence-corrected chi connectivity index (χ0v) is 23.1. The van der Waals surface area contributed by atoms with E-state index in [0.717, 1.165) is 16.3 Å². The van der Waals surface area contributed by atoms with Gasteiger partial charge in [-0.15, -0.1) is 0 Å². The number of sulfonamides is 1. The van der Waals surface area contributed by atoms with Gasteiger partial charge < -0.3 is 10.2 Å². The Kier molecular flexibility index (Phi) is 9.31. The molecule has 10 heteroatoms. The van der Waals surface area contributed by atoms with Crippen molar-refractivity contribution in [2.24, 2.45) is 0 Å². The quantitative estimate of drug-likeness (QED) is 0.359. The minimum atomic E-state index is -3.99. The second kappa shape index (κ2) is 12.9. The highest BCUT2D eigenvalue weighted by Crippen LogP contribution is 2.30. The number of amides is 3. The maximum absolute atomic E-state index is 13.7. The van der Waals surface area contributed by atoms with Gasteiger partial charge in [-0.1, -0.05) is 61.5 Å². The number of nitrogens with one attached hydrogen (secondary N) is 1. The molecule has 0 fully saturated rings. The number of fused-ring (bicyclic) bond motifs is 1. The van der Waals surface area contributed by atoms with Crippen LogP contribution in [0.3, 0.4) is 0 Å². The van der Waals surface area contributed by atoms with E-state index in [4.69, 9.17) is 0 Å². The van der Waals surface area contributed by atoms with Crippen LogP contribution in [0.2, 0.25) is 0 Å². The largest absolute Gasteiger partial charge is 0.354 e. The molecule has 1 N–H and O–H groups in total. The molecule has 1 heterocycles. The van der Waals surface area contributed by atoms with Gasteiger partial charge in [0.1, 0.15) is 16.8 Å². The number of benzene rings is 3. The molecule has 0 aliphatic carbocycles. The Morgan fingerprint density at radius 1 is 0.950 bits per heavy atom. The van der Waals surface area contributed by atoms with Crippen LogP contribution < -0.4 is 5.32 Å². The van der Waals surface area contributed by atoms with E-state index in [0.29, 0.717) is 12.1 Å². The van der Waals surface area contributed by atoms with Crippen LogP contribution in [0.1, 0.15) is 47.7 Å². The fourth-order valence-electron chi connectivity index (χ4n) is 4.68. The molecule has 0 bridgehead atoms. The van der Waals surface area contributed by atoms with Gasteiger partial charge >= 0.3 is 0 Å². The Labute approximate surface area is 233 Å². The summed E-state index contributed by atoms with van der Waals surface area (Å²) in [6, 6.07) is 20.2. The predicted octanol–water partition coefficient (Wildman–Crippen LogP) is 3.92. The molecular weight excluding hydrogens is 533 g/mol. The van der Waals surface area contributed by atoms with Crippen molar-refractivity contribution in [1.82, 2.24) is 14.5 Å². The van der Waals surface area contributed by atoms with E-state index in [1.165, 1.54) is 29.2 Å². The summed E-state index contributed by atoms with van der Waals surface area (Å²) in [4.78, 5) is 41.2. The molecule has 1 atom stereocenters. The molecule has 1 unspecified atom stereocenters. The summed E-state index contributed by atoms with van der Waals surface area (Å²) in [5.74, 6) is -1.72. The summed E-state index contributed by atoms with van der Waals surface area (Å²) >= 11 is 0. The van der Waals surface area contributed by atoms with Gasteiger partial charge in [0.15, 0.2) is 0 Å². The zero-order chi connectivity index (χ0) is 28.7. The van der Waals surface area contributed by atoms with E-state index < -0.39 is 27.8 Å². The lowest BCUT2D eigenvalue weighted by Crippen LogP contribution is -2.50. The third kappa shape index (κ3) is 6.56. The van der Waals surface area contributed by atoms with Crippen LogP contribution in [-0.2, 0) is 32.6 Å². The maximum atomic E-state index is 13.7. The number of hydrogen-bond acceptors (Lipinski definition) is 5. The highest BCUT2D eigenvalue weighted by Gasteiger charge is 2.40. The Morgan fingerprint density at radius 2 is 1.62 bits per heavy atom. The van der Waals surface area contributed by atoms with E-state index >= 15 is 0 Å². The van der Waals surface area contributed by atoms with E-state index in [1.807, 2.05) is 37.3 Å². The lowest BCUT2D eigenvalue weighted by Gasteiger charge is -2.32. The molecule has 4 rings (SSSR count). The molecule has 0 saturated carbocycles. The molecule has 0 spiro atoms. The van der Waals surface area contributed by atoms with E-state index in [9.17, 15) is 27.2 Å². The van der Waals surface area contributed by atoms with Crippen LogP contribution in [0.5, 0.6) is 0 Å². The highest BCUT2D eigenvalue weighted by atomic mass is 32.2. The minimum absolute atomic E-state index is 0.0419. The topological polar surface area (TPSA) is 104 Å². The highest BCUT2D eigenvalue weighted by molar-refractivity contribution is 7.90. The van der Waals surface area contributed by atoms with E-state index in [2.05, 4.69) is 5.32 Å². The first kappa shape index (κ1) is 28.9. The smallest absolute Gasteiger partial charge is 0.269 e. The summed E-state index contributed by atoms with van der Waals surface area (Å²) in [7, 11) is -3.99. The van der Waals surface area contributed by atoms with E-state index in [-0.39, 0.29) is 54.6 Å². The summed E-state index contributed by atoms with van der Waals surface area (Å²) in [5, 5.41) is 2.89. The van der Waals surface area contributed by atoms with Crippen molar-refractivity contribution in [3.8, 4) is 0 Å². The standard InChI is InChI=1S/C30H32FN3O5S/c1-2-18-32-29(36)26(20-22-9-4-3-5-10-22)33(21-23-14-16-24(31)17-15-23)28(35)13-8-19-34-30(37)25-11-6-7-12-27(25)40(34,38)39/h3-7,9-12,14-17,26H,2,8,13,18-21H2,1H3,(H,32,36). The Balaban J connectivity index is 1.55. The molecule has 1 aliphatic heterocycles. The first-order valence-corrected chi connectivity index (χ1v) is 14.7. The zero-order valence-electron chi connectivity index (χ0n) is 22.3. The van der Waals surface area contributed by atoms with Crippen molar-refractivity contribution in [3.05, 3.63) is 101 Å². The Bertz CT molecular complexity index is 1460. The third-order valence-corrected chi connectivity index (χ3v) is 8.59. The molecule has 0 radical (unpaired) electrons. The van der Waals surface area contributed by atoms with Crippen LogP contribution in [0, 0.1) is 5.82 Å². The van der Waals surface area contributed by atoms with Crippen LogP contribution >= 0.6 is 0 Å². The third-order valence-electron chi connectivity index (χ3n) is 6.75. The fraction of sp³-hybridized carbons (Fsp3) is 0.300. The number of halogens is 1. The predicted molar refractivity (Wildman–Crippen MR) is 148 cm³/mol. The van der Waals surface area contributed by atoms with Gasteiger partial charge in [0.25, 0.3) is 15.9 Å². The first-order chi connectivity index (χ1) is 19.2. The molecule has 0 saturated heterocycles. The molecule has 3 amide bonds. The Morgan fingerprint density at radius 3 is 2.30 bits per heavy atom. The lowest BCUT2D eigenvalue weighted by molar-refractivity contribution is -0.141. The number of carbonyl (C=O) groups excluding carboxylic acids is 3. The van der Waals surface area contributed by atoms with Gasteiger partial charge in [-0.05, 0) is 48.2 Å². The normalized spacial score (nSPS) is 14.4. The molecule has 3 aromatic rings. The summed E-state index contributed by atoms with van der Waals surface area (Å²) in [6.45, 7) is 2.26. The van der Waals surface area contributed by atoms with Crippen molar-refractivity contribution in [3.63, 3.8) is 0 Å². The van der Waals surface area contributed by atoms with Gasteiger partial charge in [0.05, 0.1) is 5.56 Å². The minimum Gasteiger partial charge on any atom is -0.354 e. The Hall–Kier alpha value is -4.05. The molecule has 1 aliphatic rings. The molecule has 210 valence electrons. The van der Waals surface area contributed by atoms with Crippen molar-refractivity contribution in [2.75, 3.05) is 13.1 Å². The van der Waals surface area contributed by atoms with Crippen molar-refractivity contribution >= 4 is 27.7 Å². The van der Waals surface area contributed by atoms with Gasteiger partial charge in [-0.2, -0.15) is 0 Å². The second-order valence-electron chi connectivity index (χ2n) is 9.63. The van der Waals surface area contributed by atoms with Gasteiger partial charge in [-0.3, -0.25) is 14.4 Å². The average molecular weight is 566 g/mol. The SMILES string of the molecule is CCCNC(=O)C(Cc1ccccc1)N(Cc1ccc(F)cc1)C(=O)CCCN1C(=O)c2ccccc2S1(=O)=O. The number of rotatable bonds is 12. The lowest BCUT2D eigenvalue weighted by atomic mass is 10.0. The molecule has 0 aromatic heterocycles. The van der Waals surface area contributed by atoms with Gasteiger partial charge in [0, 0.05) is 32.5 Å². The van der Waals surface area contributed by atoms with Crippen LogP contribution in [0.15, 0.2) is 83.8 Å². The number of nitrogens with zero attached hydrogens (tertiary/aromatic N) is 2. The van der Waals surface area contributed by atoms with Crippen molar-refractivity contribution in [1.29, 1.82) is 0 Å². The molecule has 40 heavy (non-hydrogen) atoms. The van der Waals surface area contributed by atoms with Crippen LogP contribution in [0.25, 0.3) is 0 Å². The van der Waals surface area contributed by atoms with Crippen LogP contribution in [-0.4, -0.2) is 54.5 Å². The molecule has 8 nitrogen and oxygen atoms in total. The number of hydrogen-bond donors (Lipinski definition) is 1. The van der Waals surface area contributed by atoms with Crippen molar-refractivity contribution < 1.29 is 27.2 Å². The van der Waals surface area contributed by atoms with E-state index in [1.54, 1.807) is 24.3 Å². The molecule has 3 aromatic carbocycles. The van der Waals surface area contributed by atoms with Gasteiger partial charge in [-0.25, -0.2) is 17.1 Å². The van der Waals surface area contributed by atoms with Crippen molar-refractivity contribution in [2.45, 2.75) is 50.1 Å². The molecular formula is C30H32FN3O5S. The maximum Gasteiger partial charge on any atom is 0.269 e. The summed E-state index contributed by atoms with van der Waals surface area (Å²) in [5.41, 5.74) is 1.62. The monoisotopic (exact) mass is 565 g/mol. The van der Waals surface area contributed by atoms with Gasteiger partial charge in [0.2, 0.25) is 11.8 Å². The van der Waals surface area contributed by atoms with Crippen LogP contribution in [0.4, 0.5) is 4.39 Å². The number of carbonyl (C=O) groups is 3. The average Bonchev–Trinajstić information content (AvgIpc) is 3.15. The first-order valence-electron chi connectivity index (χ1n) is 13.2.